The molecule has 0 spiro atoms. The Hall–Kier alpha value is -2.66. The SMILES string of the molecule is CCCCC/C=C\C/C=C\CCCCCCCCCCCC(=O)OCC(COCCCCCCCC/C=C\C/C=C\CCCCC)OC(=O)CCCCCCC/C=C\C/C=C\CCCCC. The number of carbonyl (C=O) groups is 2. The third kappa shape index (κ3) is 54.0. The molecule has 0 aliphatic carbocycles. The highest BCUT2D eigenvalue weighted by molar-refractivity contribution is 5.70. The van der Waals surface area contributed by atoms with Crippen LogP contribution >= 0.6 is 0 Å². The lowest BCUT2D eigenvalue weighted by atomic mass is 10.1. The minimum Gasteiger partial charge on any atom is -0.462 e. The summed E-state index contributed by atoms with van der Waals surface area (Å²) in [7, 11) is 0. The zero-order valence-corrected chi connectivity index (χ0v) is 44.0. The Labute approximate surface area is 410 Å². The standard InChI is InChI=1S/C61H108O5/c1-4-7-10-13-16-19-22-25-28-30-31-32-34-36-39-42-45-48-51-54-60(62)65-58-59(57-64-56-53-50-47-44-41-38-35-29-26-23-20-17-14-11-8-5-2)66-61(63)55-52-49-46-43-40-37-33-27-24-21-18-15-12-9-6-3/h16-21,25-29,33,59H,4-15,22-24,30-32,34-58H2,1-3H3/b19-16-,20-17-,21-18-,28-25-,29-26-,33-27-. The van der Waals surface area contributed by atoms with Gasteiger partial charge in [-0.1, -0.05) is 222 Å². The fraction of sp³-hybridized carbons (Fsp3) is 0.770. The molecule has 0 aliphatic heterocycles. The molecule has 0 saturated heterocycles. The summed E-state index contributed by atoms with van der Waals surface area (Å²) in [5, 5.41) is 0. The van der Waals surface area contributed by atoms with Crippen LogP contribution in [-0.2, 0) is 23.8 Å². The minimum absolute atomic E-state index is 0.0718. The Morgan fingerprint density at radius 2 is 0.636 bits per heavy atom. The highest BCUT2D eigenvalue weighted by Gasteiger charge is 2.17. The second-order valence-electron chi connectivity index (χ2n) is 18.8. The Bertz CT molecular complexity index is 1180. The lowest BCUT2D eigenvalue weighted by Gasteiger charge is -2.18. The third-order valence-corrected chi connectivity index (χ3v) is 12.2. The van der Waals surface area contributed by atoms with Crippen LogP contribution in [0.25, 0.3) is 0 Å². The van der Waals surface area contributed by atoms with Crippen molar-refractivity contribution in [2.24, 2.45) is 0 Å². The van der Waals surface area contributed by atoms with E-state index in [9.17, 15) is 9.59 Å². The van der Waals surface area contributed by atoms with E-state index in [0.29, 0.717) is 19.4 Å². The van der Waals surface area contributed by atoms with Crippen LogP contribution in [0.5, 0.6) is 0 Å². The second kappa shape index (κ2) is 56.7. The summed E-state index contributed by atoms with van der Waals surface area (Å²) in [6, 6.07) is 0. The zero-order chi connectivity index (χ0) is 47.7. The molecule has 5 heteroatoms. The number of unbranched alkanes of at least 4 members (excludes halogenated alkanes) is 29. The quantitative estimate of drug-likeness (QED) is 0.0346. The van der Waals surface area contributed by atoms with Gasteiger partial charge in [-0.3, -0.25) is 9.59 Å². The number of carbonyl (C=O) groups excluding carboxylic acids is 2. The summed E-state index contributed by atoms with van der Waals surface area (Å²) in [6.45, 7) is 7.74. The van der Waals surface area contributed by atoms with Gasteiger partial charge in [-0.15, -0.1) is 0 Å². The molecule has 0 saturated carbocycles. The lowest BCUT2D eigenvalue weighted by Crippen LogP contribution is -2.30. The van der Waals surface area contributed by atoms with Crippen molar-refractivity contribution in [3.8, 4) is 0 Å². The maximum Gasteiger partial charge on any atom is 0.306 e. The average molecular weight is 922 g/mol. The van der Waals surface area contributed by atoms with Crippen LogP contribution in [0.2, 0.25) is 0 Å². The fourth-order valence-corrected chi connectivity index (χ4v) is 7.89. The third-order valence-electron chi connectivity index (χ3n) is 12.2. The lowest BCUT2D eigenvalue weighted by molar-refractivity contribution is -0.163. The average Bonchev–Trinajstić information content (AvgIpc) is 3.32. The molecule has 1 unspecified atom stereocenters. The van der Waals surface area contributed by atoms with Gasteiger partial charge in [-0.05, 0) is 116 Å². The Morgan fingerprint density at radius 1 is 0.333 bits per heavy atom. The summed E-state index contributed by atoms with van der Waals surface area (Å²) >= 11 is 0. The summed E-state index contributed by atoms with van der Waals surface area (Å²) in [5.41, 5.74) is 0. The molecule has 382 valence electrons. The van der Waals surface area contributed by atoms with Crippen molar-refractivity contribution < 1.29 is 23.8 Å². The number of esters is 2. The Kier molecular flexibility index (Phi) is 54.4. The molecule has 66 heavy (non-hydrogen) atoms. The summed E-state index contributed by atoms with van der Waals surface area (Å²) < 4.78 is 17.5. The number of ether oxygens (including phenoxy) is 3. The predicted octanol–water partition coefficient (Wildman–Crippen LogP) is 19.5. The molecule has 0 aromatic rings. The van der Waals surface area contributed by atoms with Crippen molar-refractivity contribution in [2.75, 3.05) is 19.8 Å². The van der Waals surface area contributed by atoms with E-state index in [0.717, 1.165) is 70.6 Å². The zero-order valence-electron chi connectivity index (χ0n) is 44.0. The van der Waals surface area contributed by atoms with Crippen LogP contribution in [0.1, 0.15) is 278 Å². The first kappa shape index (κ1) is 63.3. The normalized spacial score (nSPS) is 12.7. The van der Waals surface area contributed by atoms with Crippen molar-refractivity contribution in [1.29, 1.82) is 0 Å². The molecule has 0 aliphatic rings. The highest BCUT2D eigenvalue weighted by Crippen LogP contribution is 2.14. The van der Waals surface area contributed by atoms with Gasteiger partial charge in [0.1, 0.15) is 6.61 Å². The van der Waals surface area contributed by atoms with E-state index in [4.69, 9.17) is 14.2 Å². The number of hydrogen-bond donors (Lipinski definition) is 0. The molecule has 0 aromatic carbocycles. The number of allylic oxidation sites excluding steroid dienone is 12. The van der Waals surface area contributed by atoms with Crippen LogP contribution in [0, 0.1) is 0 Å². The molecule has 0 heterocycles. The van der Waals surface area contributed by atoms with Crippen LogP contribution in [-0.4, -0.2) is 37.9 Å². The van der Waals surface area contributed by atoms with Gasteiger partial charge in [-0.2, -0.15) is 0 Å². The first-order chi connectivity index (χ1) is 32.6. The first-order valence-corrected chi connectivity index (χ1v) is 28.5. The summed E-state index contributed by atoms with van der Waals surface area (Å²) in [5.74, 6) is -0.417. The monoisotopic (exact) mass is 921 g/mol. The van der Waals surface area contributed by atoms with Gasteiger partial charge in [0.05, 0.1) is 6.61 Å². The molecular weight excluding hydrogens is 813 g/mol. The van der Waals surface area contributed by atoms with E-state index in [2.05, 4.69) is 93.7 Å². The predicted molar refractivity (Wildman–Crippen MR) is 288 cm³/mol. The minimum atomic E-state index is -0.553. The van der Waals surface area contributed by atoms with E-state index in [1.54, 1.807) is 0 Å². The Morgan fingerprint density at radius 3 is 1.00 bits per heavy atom. The fourth-order valence-electron chi connectivity index (χ4n) is 7.89. The first-order valence-electron chi connectivity index (χ1n) is 28.5. The van der Waals surface area contributed by atoms with Crippen molar-refractivity contribution in [3.05, 3.63) is 72.9 Å². The number of rotatable bonds is 52. The van der Waals surface area contributed by atoms with Gasteiger partial charge in [0, 0.05) is 19.4 Å². The van der Waals surface area contributed by atoms with Gasteiger partial charge in [0.15, 0.2) is 6.10 Å². The topological polar surface area (TPSA) is 61.8 Å². The van der Waals surface area contributed by atoms with Gasteiger partial charge >= 0.3 is 11.9 Å². The van der Waals surface area contributed by atoms with Gasteiger partial charge in [0.2, 0.25) is 0 Å². The van der Waals surface area contributed by atoms with Gasteiger partial charge < -0.3 is 14.2 Å². The molecule has 0 radical (unpaired) electrons. The van der Waals surface area contributed by atoms with Crippen molar-refractivity contribution >= 4 is 11.9 Å². The Balaban J connectivity index is 4.30. The molecule has 5 nitrogen and oxygen atoms in total. The number of hydrogen-bond acceptors (Lipinski definition) is 5. The van der Waals surface area contributed by atoms with E-state index < -0.39 is 6.10 Å². The second-order valence-corrected chi connectivity index (χ2v) is 18.8. The molecule has 0 aromatic heterocycles. The van der Waals surface area contributed by atoms with Crippen molar-refractivity contribution in [2.45, 2.75) is 284 Å². The maximum atomic E-state index is 12.8. The molecule has 0 N–H and O–H groups in total. The molecule has 0 amide bonds. The largest absolute Gasteiger partial charge is 0.462 e. The molecular formula is C61H108O5. The summed E-state index contributed by atoms with van der Waals surface area (Å²) in [4.78, 5) is 25.5. The van der Waals surface area contributed by atoms with E-state index in [1.807, 2.05) is 0 Å². The van der Waals surface area contributed by atoms with E-state index in [-0.39, 0.29) is 25.2 Å². The molecule has 0 fully saturated rings. The van der Waals surface area contributed by atoms with Crippen LogP contribution in [0.4, 0.5) is 0 Å². The maximum absolute atomic E-state index is 12.8. The molecule has 0 bridgehead atoms. The smallest absolute Gasteiger partial charge is 0.306 e. The van der Waals surface area contributed by atoms with Crippen LogP contribution in [0.15, 0.2) is 72.9 Å². The summed E-state index contributed by atoms with van der Waals surface area (Å²) in [6.07, 6.45) is 73.4. The van der Waals surface area contributed by atoms with E-state index in [1.165, 1.54) is 173 Å². The van der Waals surface area contributed by atoms with Gasteiger partial charge in [-0.25, -0.2) is 0 Å². The van der Waals surface area contributed by atoms with Crippen LogP contribution in [0.3, 0.4) is 0 Å². The molecule has 0 rings (SSSR count). The van der Waals surface area contributed by atoms with Crippen LogP contribution < -0.4 is 0 Å². The van der Waals surface area contributed by atoms with E-state index >= 15 is 0 Å². The van der Waals surface area contributed by atoms with Crippen molar-refractivity contribution in [3.63, 3.8) is 0 Å². The van der Waals surface area contributed by atoms with Crippen molar-refractivity contribution in [1.82, 2.24) is 0 Å². The highest BCUT2D eigenvalue weighted by atomic mass is 16.6. The van der Waals surface area contributed by atoms with Gasteiger partial charge in [0.25, 0.3) is 0 Å². The molecule has 1 atom stereocenters.